The number of carboxylic acid groups (broad SMARTS) is 1. The maximum atomic E-state index is 13.6. The Bertz CT molecular complexity index is 1150. The Morgan fingerprint density at radius 3 is 2.53 bits per heavy atom. The van der Waals surface area contributed by atoms with Crippen molar-refractivity contribution < 1.29 is 32.6 Å². The van der Waals surface area contributed by atoms with Crippen molar-refractivity contribution >= 4 is 12.0 Å². The number of benzene rings is 1. The van der Waals surface area contributed by atoms with Crippen molar-refractivity contribution in [2.75, 3.05) is 20.2 Å². The molecular formula is C26H28F3N3O4. The summed E-state index contributed by atoms with van der Waals surface area (Å²) < 4.78 is 46.2. The third-order valence-corrected chi connectivity index (χ3v) is 5.95. The van der Waals surface area contributed by atoms with Crippen LogP contribution in [0, 0.1) is 0 Å². The van der Waals surface area contributed by atoms with Crippen LogP contribution >= 0.6 is 0 Å². The van der Waals surface area contributed by atoms with E-state index < -0.39 is 29.7 Å². The van der Waals surface area contributed by atoms with Crippen molar-refractivity contribution in [1.29, 1.82) is 0 Å². The number of likely N-dealkylation sites (N-methyl/N-ethyl adjacent to an activating group) is 1. The number of carboxylic acids is 1. The summed E-state index contributed by atoms with van der Waals surface area (Å²) in [5, 5.41) is 12.0. The molecule has 10 heteroatoms. The van der Waals surface area contributed by atoms with Gasteiger partial charge in [0.1, 0.15) is 5.75 Å². The highest BCUT2D eigenvalue weighted by atomic mass is 19.4. The average Bonchev–Trinajstić information content (AvgIpc) is 2.85. The first-order chi connectivity index (χ1) is 17.1. The molecule has 2 N–H and O–H groups in total. The van der Waals surface area contributed by atoms with Crippen molar-refractivity contribution in [2.24, 2.45) is 0 Å². The van der Waals surface area contributed by atoms with Crippen LogP contribution in [0.1, 0.15) is 36.0 Å². The van der Waals surface area contributed by atoms with Crippen LogP contribution in [0.5, 0.6) is 5.75 Å². The largest absolute Gasteiger partial charge is 0.496 e. The number of urea groups is 1. The summed E-state index contributed by atoms with van der Waals surface area (Å²) in [5.41, 5.74) is 1.53. The van der Waals surface area contributed by atoms with Crippen LogP contribution in [0.4, 0.5) is 18.0 Å². The fraction of sp³-hybridized carbons (Fsp3) is 0.346. The smallest absolute Gasteiger partial charge is 0.416 e. The normalized spacial score (nSPS) is 15.5. The number of amides is 2. The standard InChI is InChI=1S/C26H28F3N3O4/c1-3-32(25(35)31-15-17-8-10-30-11-9-17)16-19-14-20(26(27,28)29)5-6-21(19)22-12-18(13-24(33)34)4-7-23(22)36-2/h4-5,7-12,14,21H,3,6,13,15-16H2,1-2H3,(H,31,35)(H,33,34). The molecule has 0 spiro atoms. The number of hydrogen-bond donors (Lipinski definition) is 2. The van der Waals surface area contributed by atoms with E-state index in [4.69, 9.17) is 4.74 Å². The van der Waals surface area contributed by atoms with Gasteiger partial charge in [0.15, 0.2) is 0 Å². The lowest BCUT2D eigenvalue weighted by Crippen LogP contribution is -2.41. The quantitative estimate of drug-likeness (QED) is 0.511. The molecule has 192 valence electrons. The molecule has 0 saturated heterocycles. The van der Waals surface area contributed by atoms with Crippen molar-refractivity contribution in [3.63, 3.8) is 0 Å². The first kappa shape index (κ1) is 26.8. The van der Waals surface area contributed by atoms with E-state index in [1.807, 2.05) is 0 Å². The maximum Gasteiger partial charge on any atom is 0.416 e. The van der Waals surface area contributed by atoms with Gasteiger partial charge in [-0.3, -0.25) is 9.78 Å². The number of methoxy groups -OCH3 is 1. The number of aliphatic carboxylic acids is 1. The minimum Gasteiger partial charge on any atom is -0.496 e. The third-order valence-electron chi connectivity index (χ3n) is 5.95. The molecule has 1 aromatic carbocycles. The van der Waals surface area contributed by atoms with Gasteiger partial charge < -0.3 is 20.1 Å². The van der Waals surface area contributed by atoms with Crippen molar-refractivity contribution in [3.8, 4) is 5.75 Å². The lowest BCUT2D eigenvalue weighted by atomic mass is 9.81. The first-order valence-corrected chi connectivity index (χ1v) is 11.4. The number of aromatic nitrogens is 1. The van der Waals surface area contributed by atoms with Crippen LogP contribution in [0.2, 0.25) is 0 Å². The summed E-state index contributed by atoms with van der Waals surface area (Å²) in [6.45, 7) is 2.23. The third kappa shape index (κ3) is 6.87. The van der Waals surface area contributed by atoms with E-state index in [2.05, 4.69) is 10.3 Å². The molecule has 2 amide bonds. The molecule has 1 aliphatic carbocycles. The predicted molar refractivity (Wildman–Crippen MR) is 128 cm³/mol. The second-order valence-corrected chi connectivity index (χ2v) is 8.34. The number of ether oxygens (including phenoxy) is 1. The van der Waals surface area contributed by atoms with Gasteiger partial charge in [-0.15, -0.1) is 0 Å². The van der Waals surface area contributed by atoms with Crippen LogP contribution in [0.25, 0.3) is 0 Å². The average molecular weight is 504 g/mol. The van der Waals surface area contributed by atoms with Crippen LogP contribution in [-0.2, 0) is 17.8 Å². The van der Waals surface area contributed by atoms with Crippen molar-refractivity contribution in [3.05, 3.63) is 82.7 Å². The van der Waals surface area contributed by atoms with Gasteiger partial charge in [-0.05, 0) is 54.3 Å². The Morgan fingerprint density at radius 2 is 1.92 bits per heavy atom. The Kier molecular flexibility index (Phi) is 8.73. The summed E-state index contributed by atoms with van der Waals surface area (Å²) in [6.07, 6.45) is 0.676. The van der Waals surface area contributed by atoms with E-state index in [1.165, 1.54) is 12.0 Å². The SMILES string of the molecule is CCN(CC1=CC(C(F)(F)F)=CCC1c1cc(CC(=O)O)ccc1OC)C(=O)NCc1ccncc1. The minimum absolute atomic E-state index is 0.0315. The molecule has 0 aliphatic heterocycles. The van der Waals surface area contributed by atoms with E-state index in [0.717, 1.165) is 17.7 Å². The molecule has 3 rings (SSSR count). The molecule has 0 saturated carbocycles. The number of nitrogens with zero attached hydrogens (tertiary/aromatic N) is 2. The zero-order chi connectivity index (χ0) is 26.3. The molecule has 36 heavy (non-hydrogen) atoms. The molecule has 1 atom stereocenters. The van der Waals surface area contributed by atoms with Gasteiger partial charge in [0.25, 0.3) is 0 Å². The highest BCUT2D eigenvalue weighted by molar-refractivity contribution is 5.74. The number of halogens is 3. The highest BCUT2D eigenvalue weighted by Gasteiger charge is 2.36. The summed E-state index contributed by atoms with van der Waals surface area (Å²) in [6, 6.07) is 7.99. The van der Waals surface area contributed by atoms with Gasteiger partial charge in [0.2, 0.25) is 0 Å². The second-order valence-electron chi connectivity index (χ2n) is 8.34. The van der Waals surface area contributed by atoms with Crippen molar-refractivity contribution in [1.82, 2.24) is 15.2 Å². The van der Waals surface area contributed by atoms with E-state index >= 15 is 0 Å². The molecule has 0 fully saturated rings. The Morgan fingerprint density at radius 1 is 1.19 bits per heavy atom. The van der Waals surface area contributed by atoms with Crippen LogP contribution < -0.4 is 10.1 Å². The van der Waals surface area contributed by atoms with Gasteiger partial charge >= 0.3 is 18.2 Å². The van der Waals surface area contributed by atoms with Crippen LogP contribution in [0.3, 0.4) is 0 Å². The Balaban J connectivity index is 1.91. The lowest BCUT2D eigenvalue weighted by molar-refractivity contribution is -0.136. The number of carbonyl (C=O) groups excluding carboxylic acids is 1. The predicted octanol–water partition coefficient (Wildman–Crippen LogP) is 4.85. The summed E-state index contributed by atoms with van der Waals surface area (Å²) in [7, 11) is 1.45. The van der Waals surface area contributed by atoms with Gasteiger partial charge in [-0.25, -0.2) is 4.79 Å². The van der Waals surface area contributed by atoms with E-state index in [9.17, 15) is 27.9 Å². The fourth-order valence-electron chi connectivity index (χ4n) is 4.11. The number of hydrogen-bond acceptors (Lipinski definition) is 4. The number of nitrogens with one attached hydrogen (secondary N) is 1. The summed E-state index contributed by atoms with van der Waals surface area (Å²) in [4.78, 5) is 29.5. The molecule has 0 radical (unpaired) electrons. The lowest BCUT2D eigenvalue weighted by Gasteiger charge is -2.31. The van der Waals surface area contributed by atoms with Gasteiger partial charge in [0.05, 0.1) is 19.1 Å². The van der Waals surface area contributed by atoms with E-state index in [-0.39, 0.29) is 32.5 Å². The number of pyridine rings is 1. The number of rotatable bonds is 9. The van der Waals surface area contributed by atoms with Gasteiger partial charge in [-0.2, -0.15) is 13.2 Å². The van der Waals surface area contributed by atoms with Crippen molar-refractivity contribution in [2.45, 2.75) is 38.4 Å². The van der Waals surface area contributed by atoms with E-state index in [1.54, 1.807) is 49.6 Å². The van der Waals surface area contributed by atoms with Crippen LogP contribution in [0.15, 0.2) is 66.0 Å². The zero-order valence-corrected chi connectivity index (χ0v) is 20.0. The van der Waals surface area contributed by atoms with E-state index in [0.29, 0.717) is 22.4 Å². The van der Waals surface area contributed by atoms with Gasteiger partial charge in [0, 0.05) is 43.5 Å². The Hall–Kier alpha value is -3.82. The number of allylic oxidation sites excluding steroid dienone is 3. The molecule has 1 aliphatic rings. The first-order valence-electron chi connectivity index (χ1n) is 11.4. The summed E-state index contributed by atoms with van der Waals surface area (Å²) >= 11 is 0. The van der Waals surface area contributed by atoms with Crippen LogP contribution in [-0.4, -0.2) is 53.4 Å². The minimum atomic E-state index is -4.54. The topological polar surface area (TPSA) is 91.8 Å². The Labute approximate surface area is 207 Å². The molecular weight excluding hydrogens is 475 g/mol. The highest BCUT2D eigenvalue weighted by Crippen LogP contribution is 2.42. The second kappa shape index (κ2) is 11.7. The van der Waals surface area contributed by atoms with Gasteiger partial charge in [-0.1, -0.05) is 18.2 Å². The molecule has 1 heterocycles. The summed E-state index contributed by atoms with van der Waals surface area (Å²) in [5.74, 6) is -1.11. The molecule has 1 unspecified atom stereocenters. The molecule has 7 nitrogen and oxygen atoms in total. The maximum absolute atomic E-state index is 13.6. The molecule has 1 aromatic heterocycles. The monoisotopic (exact) mass is 503 g/mol. The number of carbonyl (C=O) groups is 2. The molecule has 2 aromatic rings. The number of alkyl halides is 3. The fourth-order valence-corrected chi connectivity index (χ4v) is 4.11. The zero-order valence-electron chi connectivity index (χ0n) is 20.0. The molecule has 0 bridgehead atoms.